The van der Waals surface area contributed by atoms with E-state index in [1.165, 1.54) is 43.4 Å². The third-order valence-corrected chi connectivity index (χ3v) is 9.24. The molecule has 2 aliphatic carbocycles. The first kappa shape index (κ1) is 26.6. The van der Waals surface area contributed by atoms with E-state index < -0.39 is 17.6 Å². The van der Waals surface area contributed by atoms with Crippen LogP contribution in [-0.2, 0) is 12.7 Å². The molecule has 5 nitrogen and oxygen atoms in total. The highest BCUT2D eigenvalue weighted by Gasteiger charge is 2.55. The first-order chi connectivity index (χ1) is 18.7. The Hall–Kier alpha value is -2.65. The zero-order valence-corrected chi connectivity index (χ0v) is 22.5. The highest BCUT2D eigenvalue weighted by atomic mass is 35.5. The predicted octanol–water partition coefficient (Wildman–Crippen LogP) is 6.99. The van der Waals surface area contributed by atoms with Crippen LogP contribution in [0.15, 0.2) is 46.6 Å². The van der Waals surface area contributed by atoms with Crippen molar-refractivity contribution in [1.29, 1.82) is 0 Å². The smallest absolute Gasteiger partial charge is 0.368 e. The summed E-state index contributed by atoms with van der Waals surface area (Å²) in [5.74, 6) is -0.179. The van der Waals surface area contributed by atoms with Gasteiger partial charge in [0.25, 0.3) is 0 Å². The summed E-state index contributed by atoms with van der Waals surface area (Å²) in [5.41, 5.74) is 1.01. The van der Waals surface area contributed by atoms with Crippen LogP contribution >= 0.6 is 11.6 Å². The molecule has 2 saturated carbocycles. The molecule has 1 spiro atoms. The average molecular weight is 562 g/mol. The Kier molecular flexibility index (Phi) is 6.86. The van der Waals surface area contributed by atoms with Gasteiger partial charge in [0.15, 0.2) is 5.82 Å². The van der Waals surface area contributed by atoms with Crippen molar-refractivity contribution >= 4 is 35.5 Å². The number of anilines is 2. The van der Waals surface area contributed by atoms with Crippen molar-refractivity contribution in [3.05, 3.63) is 58.4 Å². The summed E-state index contributed by atoms with van der Waals surface area (Å²) >= 11 is 6.41. The summed E-state index contributed by atoms with van der Waals surface area (Å²) < 4.78 is 54.3. The van der Waals surface area contributed by atoms with E-state index in [-0.39, 0.29) is 17.0 Å². The lowest BCUT2D eigenvalue weighted by Gasteiger charge is -2.60. The second-order valence-electron chi connectivity index (χ2n) is 11.5. The number of hydrogen-bond acceptors (Lipinski definition) is 4. The highest BCUT2D eigenvalue weighted by molar-refractivity contribution is 6.30. The lowest BCUT2D eigenvalue weighted by Crippen LogP contribution is -2.64. The molecule has 10 heteroatoms. The van der Waals surface area contributed by atoms with Crippen molar-refractivity contribution < 1.29 is 17.6 Å². The molecule has 2 aliphatic heterocycles. The first-order valence-corrected chi connectivity index (χ1v) is 14.0. The molecular formula is C29H32ClF4N5. The number of fused-ring (bicyclic) bond motifs is 1. The Morgan fingerprint density at radius 3 is 2.46 bits per heavy atom. The largest absolute Gasteiger partial charge is 0.419 e. The Morgan fingerprint density at radius 1 is 1.03 bits per heavy atom. The van der Waals surface area contributed by atoms with Gasteiger partial charge in [-0.05, 0) is 61.6 Å². The van der Waals surface area contributed by atoms with Gasteiger partial charge in [0.2, 0.25) is 0 Å². The molecule has 0 aromatic heterocycles. The molecule has 208 valence electrons. The molecule has 4 aliphatic rings. The number of nitrogens with zero attached hydrogens (tertiary/aromatic N) is 5. The number of rotatable bonds is 4. The Morgan fingerprint density at radius 2 is 1.77 bits per heavy atom. The number of hydrogen-bond donors (Lipinski definition) is 0. The van der Waals surface area contributed by atoms with Gasteiger partial charge in [0.1, 0.15) is 5.84 Å². The summed E-state index contributed by atoms with van der Waals surface area (Å²) in [7, 11) is 0. The number of halogens is 5. The van der Waals surface area contributed by atoms with Crippen LogP contribution in [0, 0.1) is 17.2 Å². The van der Waals surface area contributed by atoms with Crippen molar-refractivity contribution in [2.75, 3.05) is 36.0 Å². The van der Waals surface area contributed by atoms with Gasteiger partial charge >= 0.3 is 6.18 Å². The fourth-order valence-corrected chi connectivity index (χ4v) is 7.38. The minimum absolute atomic E-state index is 0.0193. The van der Waals surface area contributed by atoms with Gasteiger partial charge in [0.05, 0.1) is 11.3 Å². The third kappa shape index (κ3) is 4.92. The first-order valence-electron chi connectivity index (χ1n) is 13.6. The van der Waals surface area contributed by atoms with Crippen molar-refractivity contribution in [3.8, 4) is 0 Å². The Balaban J connectivity index is 1.18. The summed E-state index contributed by atoms with van der Waals surface area (Å²) in [6, 6.07) is 10.1. The SMILES string of the molecule is C=N/N=C(/C1CC2(C1)CN(c1cccc(C(F)(F)F)c1F)C2)N1CCN(C2CCCC2)Cc2cc(Cl)ccc21. The maximum absolute atomic E-state index is 14.7. The van der Waals surface area contributed by atoms with E-state index in [0.29, 0.717) is 24.2 Å². The quantitative estimate of drug-likeness (QED) is 0.175. The number of alkyl halides is 3. The molecule has 0 unspecified atom stereocenters. The van der Waals surface area contributed by atoms with E-state index in [9.17, 15) is 17.6 Å². The molecule has 0 atom stereocenters. The minimum atomic E-state index is -4.71. The van der Waals surface area contributed by atoms with Crippen molar-refractivity contribution in [2.45, 2.75) is 57.3 Å². The van der Waals surface area contributed by atoms with E-state index in [0.717, 1.165) is 50.1 Å². The average Bonchev–Trinajstić information content (AvgIpc) is 3.31. The van der Waals surface area contributed by atoms with Gasteiger partial charge in [-0.3, -0.25) is 4.90 Å². The molecule has 2 aromatic rings. The Bertz CT molecular complexity index is 1270. The minimum Gasteiger partial charge on any atom is -0.368 e. The van der Waals surface area contributed by atoms with Crippen LogP contribution in [0.3, 0.4) is 0 Å². The van der Waals surface area contributed by atoms with Gasteiger partial charge in [-0.25, -0.2) is 4.39 Å². The maximum atomic E-state index is 14.7. The molecule has 0 radical (unpaired) electrons. The molecule has 3 fully saturated rings. The second kappa shape index (κ2) is 10.1. The molecule has 0 bridgehead atoms. The number of amidine groups is 1. The second-order valence-corrected chi connectivity index (χ2v) is 12.0. The highest BCUT2D eigenvalue weighted by Crippen LogP contribution is 2.54. The van der Waals surface area contributed by atoms with E-state index in [1.807, 2.05) is 12.1 Å². The molecule has 0 N–H and O–H groups in total. The van der Waals surface area contributed by atoms with E-state index in [2.05, 4.69) is 32.8 Å². The van der Waals surface area contributed by atoms with Crippen molar-refractivity contribution in [3.63, 3.8) is 0 Å². The zero-order chi connectivity index (χ0) is 27.4. The summed E-state index contributed by atoms with van der Waals surface area (Å²) in [6.45, 7) is 7.22. The van der Waals surface area contributed by atoms with Crippen LogP contribution in [0.5, 0.6) is 0 Å². The predicted molar refractivity (Wildman–Crippen MR) is 147 cm³/mol. The van der Waals surface area contributed by atoms with E-state index in [1.54, 1.807) is 4.90 Å². The van der Waals surface area contributed by atoms with Crippen LogP contribution in [0.25, 0.3) is 0 Å². The van der Waals surface area contributed by atoms with Crippen LogP contribution in [0.2, 0.25) is 5.02 Å². The van der Waals surface area contributed by atoms with Gasteiger partial charge in [-0.15, -0.1) is 5.10 Å². The molecule has 2 heterocycles. The summed E-state index contributed by atoms with van der Waals surface area (Å²) in [5, 5.41) is 9.15. The molecule has 1 saturated heterocycles. The molecular weight excluding hydrogens is 530 g/mol. The van der Waals surface area contributed by atoms with Gasteiger partial charge < -0.3 is 9.80 Å². The van der Waals surface area contributed by atoms with Crippen LogP contribution in [0.1, 0.15) is 49.7 Å². The summed E-state index contributed by atoms with van der Waals surface area (Å²) in [6.07, 6.45) is 1.92. The zero-order valence-electron chi connectivity index (χ0n) is 21.7. The van der Waals surface area contributed by atoms with Crippen molar-refractivity contribution in [2.24, 2.45) is 21.5 Å². The maximum Gasteiger partial charge on any atom is 0.419 e. The topological polar surface area (TPSA) is 34.4 Å². The lowest BCUT2D eigenvalue weighted by atomic mass is 9.57. The number of benzene rings is 2. The lowest BCUT2D eigenvalue weighted by molar-refractivity contribution is -0.139. The molecule has 0 amide bonds. The fourth-order valence-electron chi connectivity index (χ4n) is 7.18. The third-order valence-electron chi connectivity index (χ3n) is 9.01. The molecule has 39 heavy (non-hydrogen) atoms. The molecule has 6 rings (SSSR count). The normalized spacial score (nSPS) is 22.4. The Labute approximate surface area is 231 Å². The standard InChI is InChI=1S/C29H32ClF4N5/c1-35-36-27(39-12-11-37(22-5-2-3-6-22)16-19-13-21(30)9-10-24(19)39)20-14-28(15-20)17-38(18-28)25-8-4-7-23(26(25)31)29(32,33)34/h4,7-10,13,20,22H,1-3,5-6,11-12,14-18H2/b36-27-. The van der Waals surface area contributed by atoms with Gasteiger partial charge in [0, 0.05) is 67.5 Å². The summed E-state index contributed by atoms with van der Waals surface area (Å²) in [4.78, 5) is 6.54. The van der Waals surface area contributed by atoms with Crippen molar-refractivity contribution in [1.82, 2.24) is 4.90 Å². The van der Waals surface area contributed by atoms with Crippen LogP contribution < -0.4 is 9.80 Å². The molecule has 2 aromatic carbocycles. The van der Waals surface area contributed by atoms with E-state index >= 15 is 0 Å². The van der Waals surface area contributed by atoms with Crippen LogP contribution in [0.4, 0.5) is 28.9 Å². The van der Waals surface area contributed by atoms with Gasteiger partial charge in [-0.1, -0.05) is 30.5 Å². The van der Waals surface area contributed by atoms with E-state index in [4.69, 9.17) is 11.6 Å². The fraction of sp³-hybridized carbons (Fsp3) is 0.517. The van der Waals surface area contributed by atoms with Crippen LogP contribution in [-0.4, -0.2) is 49.7 Å². The van der Waals surface area contributed by atoms with Gasteiger partial charge in [-0.2, -0.15) is 18.3 Å². The monoisotopic (exact) mass is 561 g/mol.